The third kappa shape index (κ3) is 4.26. The zero-order valence-corrected chi connectivity index (χ0v) is 11.4. The maximum Gasteiger partial charge on any atom is 0.163 e. The normalized spacial score (nSPS) is 26.1. The van der Waals surface area contributed by atoms with Crippen molar-refractivity contribution in [1.82, 2.24) is 0 Å². The Hall–Kier alpha value is -0.340. The first-order valence-corrected chi connectivity index (χ1v) is 6.45. The molecule has 0 spiro atoms. The average molecular weight is 226 g/mol. The van der Waals surface area contributed by atoms with E-state index in [1.54, 1.807) is 0 Å². The molecule has 94 valence electrons. The molecule has 2 heteroatoms. The Balaban J connectivity index is 2.48. The van der Waals surface area contributed by atoms with Crippen molar-refractivity contribution < 1.29 is 9.47 Å². The van der Waals surface area contributed by atoms with Crippen LogP contribution >= 0.6 is 0 Å². The van der Waals surface area contributed by atoms with Crippen LogP contribution in [0, 0.1) is 5.92 Å². The van der Waals surface area contributed by atoms with Crippen LogP contribution < -0.4 is 0 Å². The highest BCUT2D eigenvalue weighted by atomic mass is 16.7. The molecule has 0 aliphatic carbocycles. The maximum atomic E-state index is 5.88. The van der Waals surface area contributed by atoms with Crippen molar-refractivity contribution in [3.05, 3.63) is 11.6 Å². The molecule has 1 aliphatic rings. The van der Waals surface area contributed by atoms with E-state index in [0.29, 0.717) is 12.0 Å². The Morgan fingerprint density at radius 1 is 1.44 bits per heavy atom. The van der Waals surface area contributed by atoms with Crippen molar-refractivity contribution in [2.45, 2.75) is 65.8 Å². The molecule has 1 heterocycles. The van der Waals surface area contributed by atoms with Crippen molar-refractivity contribution in [2.75, 3.05) is 6.61 Å². The second-order valence-corrected chi connectivity index (χ2v) is 5.30. The summed E-state index contributed by atoms with van der Waals surface area (Å²) in [5, 5.41) is 0. The lowest BCUT2D eigenvalue weighted by molar-refractivity contribution is -0.272. The van der Waals surface area contributed by atoms with Gasteiger partial charge in [-0.05, 0) is 39.0 Å². The van der Waals surface area contributed by atoms with Crippen molar-refractivity contribution in [2.24, 2.45) is 5.92 Å². The number of ether oxygens (including phenoxy) is 2. The van der Waals surface area contributed by atoms with Crippen LogP contribution in [0.2, 0.25) is 0 Å². The molecular weight excluding hydrogens is 200 g/mol. The Morgan fingerprint density at radius 2 is 2.12 bits per heavy atom. The van der Waals surface area contributed by atoms with Gasteiger partial charge in [0.25, 0.3) is 0 Å². The fraction of sp³-hybridized carbons (Fsp3) is 0.857. The van der Waals surface area contributed by atoms with E-state index in [-0.39, 0.29) is 0 Å². The Labute approximate surface area is 100 Å². The van der Waals surface area contributed by atoms with E-state index in [9.17, 15) is 0 Å². The van der Waals surface area contributed by atoms with Crippen LogP contribution in [-0.2, 0) is 9.47 Å². The van der Waals surface area contributed by atoms with E-state index in [1.165, 1.54) is 5.57 Å². The van der Waals surface area contributed by atoms with Crippen LogP contribution in [0.4, 0.5) is 0 Å². The molecule has 0 amide bonds. The lowest BCUT2D eigenvalue weighted by Gasteiger charge is -2.35. The van der Waals surface area contributed by atoms with Gasteiger partial charge in [0, 0.05) is 0 Å². The summed E-state index contributed by atoms with van der Waals surface area (Å²) in [6, 6.07) is 0. The lowest BCUT2D eigenvalue weighted by atomic mass is 9.98. The monoisotopic (exact) mass is 226 g/mol. The summed E-state index contributed by atoms with van der Waals surface area (Å²) >= 11 is 0. The quantitative estimate of drug-likeness (QED) is 0.677. The highest BCUT2D eigenvalue weighted by Gasteiger charge is 2.28. The molecule has 1 atom stereocenters. The lowest BCUT2D eigenvalue weighted by Crippen LogP contribution is -2.39. The van der Waals surface area contributed by atoms with Gasteiger partial charge in [0.15, 0.2) is 5.79 Å². The fourth-order valence-corrected chi connectivity index (χ4v) is 2.17. The molecule has 0 aromatic heterocycles. The van der Waals surface area contributed by atoms with Gasteiger partial charge < -0.3 is 9.47 Å². The van der Waals surface area contributed by atoms with Crippen LogP contribution in [0.15, 0.2) is 11.6 Å². The first-order chi connectivity index (χ1) is 7.44. The number of hydrogen-bond donors (Lipinski definition) is 0. The molecule has 0 radical (unpaired) electrons. The summed E-state index contributed by atoms with van der Waals surface area (Å²) < 4.78 is 11.4. The van der Waals surface area contributed by atoms with Gasteiger partial charge in [0.1, 0.15) is 0 Å². The van der Waals surface area contributed by atoms with E-state index < -0.39 is 5.79 Å². The topological polar surface area (TPSA) is 18.5 Å². The van der Waals surface area contributed by atoms with Gasteiger partial charge >= 0.3 is 0 Å². The van der Waals surface area contributed by atoms with Crippen LogP contribution in [-0.4, -0.2) is 18.5 Å². The van der Waals surface area contributed by atoms with Crippen LogP contribution in [0.1, 0.15) is 53.9 Å². The van der Waals surface area contributed by atoms with Crippen LogP contribution in [0.25, 0.3) is 0 Å². The Kier molecular flexibility index (Phi) is 5.00. The molecule has 0 bridgehead atoms. The SMILES string of the molecule is CC/C(=C\CC1CCOC(C)(C)O1)C(C)C. The molecule has 1 rings (SSSR count). The molecule has 16 heavy (non-hydrogen) atoms. The van der Waals surface area contributed by atoms with Gasteiger partial charge in [-0.25, -0.2) is 0 Å². The number of hydrogen-bond acceptors (Lipinski definition) is 2. The zero-order valence-electron chi connectivity index (χ0n) is 11.4. The molecule has 0 aromatic rings. The molecule has 0 N–H and O–H groups in total. The molecule has 0 aromatic carbocycles. The summed E-state index contributed by atoms with van der Waals surface area (Å²) in [6.07, 6.45) is 5.86. The second-order valence-electron chi connectivity index (χ2n) is 5.30. The Morgan fingerprint density at radius 3 is 2.62 bits per heavy atom. The first kappa shape index (κ1) is 13.7. The average Bonchev–Trinajstić information content (AvgIpc) is 2.16. The van der Waals surface area contributed by atoms with Crippen LogP contribution in [0.5, 0.6) is 0 Å². The third-order valence-corrected chi connectivity index (χ3v) is 3.13. The highest BCUT2D eigenvalue weighted by molar-refractivity contribution is 5.04. The van der Waals surface area contributed by atoms with E-state index in [4.69, 9.17) is 9.47 Å². The fourth-order valence-electron chi connectivity index (χ4n) is 2.17. The van der Waals surface area contributed by atoms with E-state index in [2.05, 4.69) is 26.8 Å². The van der Waals surface area contributed by atoms with Gasteiger partial charge in [-0.3, -0.25) is 0 Å². The van der Waals surface area contributed by atoms with Gasteiger partial charge in [-0.1, -0.05) is 32.4 Å². The minimum absolute atomic E-state index is 0.323. The van der Waals surface area contributed by atoms with E-state index in [0.717, 1.165) is 25.9 Å². The largest absolute Gasteiger partial charge is 0.350 e. The molecule has 2 nitrogen and oxygen atoms in total. The second kappa shape index (κ2) is 5.83. The van der Waals surface area contributed by atoms with E-state index >= 15 is 0 Å². The molecule has 1 aliphatic heterocycles. The van der Waals surface area contributed by atoms with Gasteiger partial charge in [-0.2, -0.15) is 0 Å². The van der Waals surface area contributed by atoms with Crippen molar-refractivity contribution in [1.29, 1.82) is 0 Å². The summed E-state index contributed by atoms with van der Waals surface area (Å²) in [6.45, 7) is 11.5. The van der Waals surface area contributed by atoms with Gasteiger partial charge in [0.05, 0.1) is 12.7 Å². The minimum atomic E-state index is -0.402. The molecule has 1 fully saturated rings. The summed E-state index contributed by atoms with van der Waals surface area (Å²) in [7, 11) is 0. The summed E-state index contributed by atoms with van der Waals surface area (Å²) in [5.41, 5.74) is 1.54. The van der Waals surface area contributed by atoms with Gasteiger partial charge in [-0.15, -0.1) is 0 Å². The van der Waals surface area contributed by atoms with Crippen LogP contribution in [0.3, 0.4) is 0 Å². The number of allylic oxidation sites excluding steroid dienone is 1. The molecule has 1 saturated heterocycles. The Bertz CT molecular complexity index is 241. The molecular formula is C14H26O2. The summed E-state index contributed by atoms with van der Waals surface area (Å²) in [5.74, 6) is 0.249. The highest BCUT2D eigenvalue weighted by Crippen LogP contribution is 2.25. The minimum Gasteiger partial charge on any atom is -0.350 e. The predicted molar refractivity (Wildman–Crippen MR) is 67.4 cm³/mol. The summed E-state index contributed by atoms with van der Waals surface area (Å²) in [4.78, 5) is 0. The standard InChI is InChI=1S/C14H26O2/c1-6-12(11(2)3)7-8-13-9-10-15-14(4,5)16-13/h7,11,13H,6,8-10H2,1-5H3/b12-7+. The van der Waals surface area contributed by atoms with E-state index in [1.807, 2.05) is 13.8 Å². The number of rotatable bonds is 4. The maximum absolute atomic E-state index is 5.88. The zero-order chi connectivity index (χ0) is 12.2. The van der Waals surface area contributed by atoms with Crippen molar-refractivity contribution >= 4 is 0 Å². The first-order valence-electron chi connectivity index (χ1n) is 6.45. The molecule has 1 unspecified atom stereocenters. The van der Waals surface area contributed by atoms with Crippen molar-refractivity contribution in [3.8, 4) is 0 Å². The van der Waals surface area contributed by atoms with Crippen molar-refractivity contribution in [3.63, 3.8) is 0 Å². The smallest absolute Gasteiger partial charge is 0.163 e. The van der Waals surface area contributed by atoms with Gasteiger partial charge in [0.2, 0.25) is 0 Å². The predicted octanol–water partition coefficient (Wildman–Crippen LogP) is 3.91. The molecule has 0 saturated carbocycles. The third-order valence-electron chi connectivity index (χ3n) is 3.13.